The van der Waals surface area contributed by atoms with E-state index in [1.807, 2.05) is 52.2 Å². The Morgan fingerprint density at radius 3 is 1.94 bits per heavy atom. The van der Waals surface area contributed by atoms with Crippen LogP contribution < -0.4 is 9.47 Å². The van der Waals surface area contributed by atoms with E-state index >= 15 is 0 Å². The van der Waals surface area contributed by atoms with Gasteiger partial charge in [0, 0.05) is 44.1 Å². The summed E-state index contributed by atoms with van der Waals surface area (Å²) in [5.74, 6) is -0.248. The highest BCUT2D eigenvalue weighted by Gasteiger charge is 2.28. The molecule has 2 aliphatic heterocycles. The lowest BCUT2D eigenvalue weighted by atomic mass is 10.0. The molecule has 4 heterocycles. The Morgan fingerprint density at radius 2 is 1.43 bits per heavy atom. The van der Waals surface area contributed by atoms with Crippen LogP contribution in [0, 0.1) is 6.92 Å². The van der Waals surface area contributed by atoms with Crippen LogP contribution >= 0.6 is 45.9 Å². The van der Waals surface area contributed by atoms with Gasteiger partial charge in [-0.1, -0.05) is 41.4 Å². The molecule has 11 nitrogen and oxygen atoms in total. The van der Waals surface area contributed by atoms with Crippen LogP contribution in [0.5, 0.6) is 11.5 Å². The van der Waals surface area contributed by atoms with Gasteiger partial charge in [-0.3, -0.25) is 9.69 Å². The quantitative estimate of drug-likeness (QED) is 0.175. The van der Waals surface area contributed by atoms with Crippen LogP contribution in [-0.4, -0.2) is 96.6 Å². The molecule has 2 amide bonds. The second-order valence-corrected chi connectivity index (χ2v) is 14.4. The highest BCUT2D eigenvalue weighted by molar-refractivity contribution is 7.09. The molecule has 2 saturated heterocycles. The van der Waals surface area contributed by atoms with Gasteiger partial charge < -0.3 is 33.9 Å². The summed E-state index contributed by atoms with van der Waals surface area (Å²) in [6.45, 7) is 7.11. The molecule has 0 saturated carbocycles. The number of aliphatic carboxylic acids is 1. The predicted molar refractivity (Wildman–Crippen MR) is 197 cm³/mol. The van der Waals surface area contributed by atoms with E-state index in [0.717, 1.165) is 21.6 Å². The fourth-order valence-electron chi connectivity index (χ4n) is 5.34. The minimum Gasteiger partial charge on any atom is -0.480 e. The van der Waals surface area contributed by atoms with Crippen molar-refractivity contribution in [2.75, 3.05) is 52.6 Å². The lowest BCUT2D eigenvalue weighted by molar-refractivity contribution is -0.143. The monoisotopic (exact) mass is 775 g/mol. The molecule has 51 heavy (non-hydrogen) atoms. The average molecular weight is 777 g/mol. The number of benzene rings is 2. The number of thiophene rings is 2. The zero-order valence-electron chi connectivity index (χ0n) is 28.0. The van der Waals surface area contributed by atoms with Gasteiger partial charge in [0.15, 0.2) is 11.5 Å². The molecular weight excluding hydrogens is 737 g/mol. The van der Waals surface area contributed by atoms with E-state index in [4.69, 9.17) is 42.1 Å². The van der Waals surface area contributed by atoms with Crippen LogP contribution in [0.25, 0.3) is 0 Å². The molecule has 15 heteroatoms. The Hall–Kier alpha value is -3.69. The third-order valence-corrected chi connectivity index (χ3v) is 10.3. The highest BCUT2D eigenvalue weighted by atomic mass is 35.5. The van der Waals surface area contributed by atoms with Crippen molar-refractivity contribution in [2.45, 2.75) is 32.5 Å². The highest BCUT2D eigenvalue weighted by Crippen LogP contribution is 2.29. The maximum Gasteiger partial charge on any atom is 0.415 e. The topological polar surface area (TPSA) is 118 Å². The van der Waals surface area contributed by atoms with Crippen molar-refractivity contribution in [3.05, 3.63) is 102 Å². The molecule has 0 aliphatic carbocycles. The Labute approximate surface area is 314 Å². The largest absolute Gasteiger partial charge is 0.480 e. The molecule has 272 valence electrons. The van der Waals surface area contributed by atoms with Crippen LogP contribution in [-0.2, 0) is 33.8 Å². The molecule has 2 aromatic carbocycles. The Morgan fingerprint density at radius 1 is 0.824 bits per heavy atom. The van der Waals surface area contributed by atoms with Crippen molar-refractivity contribution in [3.63, 3.8) is 0 Å². The van der Waals surface area contributed by atoms with Crippen LogP contribution in [0.3, 0.4) is 0 Å². The smallest absolute Gasteiger partial charge is 0.415 e. The number of nitrogens with zero attached hydrogens (tertiary/aromatic N) is 3. The van der Waals surface area contributed by atoms with Gasteiger partial charge in [0.1, 0.15) is 6.04 Å². The van der Waals surface area contributed by atoms with Crippen molar-refractivity contribution >= 4 is 64.0 Å². The first-order chi connectivity index (χ1) is 24.7. The summed E-state index contributed by atoms with van der Waals surface area (Å²) in [7, 11) is 0. The molecule has 0 unspecified atom stereocenters. The summed E-state index contributed by atoms with van der Waals surface area (Å²) >= 11 is 15.6. The van der Waals surface area contributed by atoms with E-state index in [1.54, 1.807) is 62.8 Å². The number of carboxylic acids is 1. The van der Waals surface area contributed by atoms with Crippen LogP contribution in [0.1, 0.15) is 21.6 Å². The van der Waals surface area contributed by atoms with Gasteiger partial charge in [0.25, 0.3) is 0 Å². The normalized spacial score (nSPS) is 15.1. The van der Waals surface area contributed by atoms with Crippen molar-refractivity contribution < 1.29 is 38.4 Å². The van der Waals surface area contributed by atoms with Gasteiger partial charge in [0.2, 0.25) is 0 Å². The maximum absolute atomic E-state index is 12.4. The molecule has 1 N–H and O–H groups in total. The SMILES string of the molecule is Cc1ccc(OC(=O)N2CCOCC2)c(Cl)c1.O=C(O)[C@H](Cc1ccc(OC(=O)N2CCOCC2)c(Cl)c1)N(Cc1ccsc1)Cc1cccs1. The minimum absolute atomic E-state index is 0.252. The lowest BCUT2D eigenvalue weighted by Crippen LogP contribution is -2.42. The van der Waals surface area contributed by atoms with Gasteiger partial charge in [-0.25, -0.2) is 9.59 Å². The summed E-state index contributed by atoms with van der Waals surface area (Å²) in [6.07, 6.45) is -0.583. The van der Waals surface area contributed by atoms with Crippen molar-refractivity contribution in [1.82, 2.24) is 14.7 Å². The van der Waals surface area contributed by atoms with E-state index in [-0.39, 0.29) is 23.3 Å². The zero-order valence-corrected chi connectivity index (χ0v) is 31.1. The Kier molecular flexibility index (Phi) is 14.5. The number of halogens is 2. The number of carboxylic acid groups (broad SMARTS) is 1. The first kappa shape index (κ1) is 38.5. The molecule has 0 bridgehead atoms. The summed E-state index contributed by atoms with van der Waals surface area (Å²) < 4.78 is 21.1. The number of hydrogen-bond acceptors (Lipinski definition) is 10. The predicted octanol–water partition coefficient (Wildman–Crippen LogP) is 7.47. The fraction of sp³-hybridized carbons (Fsp3) is 0.361. The summed E-state index contributed by atoms with van der Waals surface area (Å²) in [6, 6.07) is 15.6. The molecule has 2 aromatic heterocycles. The summed E-state index contributed by atoms with van der Waals surface area (Å²) in [5.41, 5.74) is 2.86. The maximum atomic E-state index is 12.4. The Balaban J connectivity index is 0.000000248. The van der Waals surface area contributed by atoms with Crippen LogP contribution in [0.4, 0.5) is 9.59 Å². The molecular formula is C36H39Cl2N3O8S2. The minimum atomic E-state index is -0.897. The first-order valence-corrected chi connectivity index (χ1v) is 18.9. The van der Waals surface area contributed by atoms with Gasteiger partial charge in [-0.2, -0.15) is 11.3 Å². The van der Waals surface area contributed by atoms with E-state index in [9.17, 15) is 19.5 Å². The zero-order chi connectivity index (χ0) is 36.2. The second-order valence-electron chi connectivity index (χ2n) is 11.8. The first-order valence-electron chi connectivity index (χ1n) is 16.3. The number of carbonyl (C=O) groups excluding carboxylic acids is 2. The third kappa shape index (κ3) is 11.7. The fourth-order valence-corrected chi connectivity index (χ4v) is 7.25. The van der Waals surface area contributed by atoms with E-state index in [1.165, 1.54) is 0 Å². The van der Waals surface area contributed by atoms with Gasteiger partial charge in [-0.15, -0.1) is 11.3 Å². The number of aryl methyl sites for hydroxylation is 1. The molecule has 2 fully saturated rings. The van der Waals surface area contributed by atoms with E-state index in [0.29, 0.717) is 76.5 Å². The van der Waals surface area contributed by atoms with Crippen LogP contribution in [0.2, 0.25) is 10.0 Å². The summed E-state index contributed by atoms with van der Waals surface area (Å²) in [5, 5.41) is 16.8. The van der Waals surface area contributed by atoms with E-state index in [2.05, 4.69) is 0 Å². The second kappa shape index (κ2) is 19.2. The lowest BCUT2D eigenvalue weighted by Gasteiger charge is -2.28. The molecule has 0 spiro atoms. The van der Waals surface area contributed by atoms with Crippen molar-refractivity contribution in [1.29, 1.82) is 0 Å². The molecule has 2 aliphatic rings. The average Bonchev–Trinajstić information content (AvgIpc) is 3.85. The van der Waals surface area contributed by atoms with E-state index < -0.39 is 18.1 Å². The number of carbonyl (C=O) groups is 3. The molecule has 4 aromatic rings. The number of ether oxygens (including phenoxy) is 4. The molecule has 0 radical (unpaired) electrons. The van der Waals surface area contributed by atoms with Crippen LogP contribution in [0.15, 0.2) is 70.7 Å². The molecule has 6 rings (SSSR count). The number of rotatable bonds is 10. The van der Waals surface area contributed by atoms with Crippen molar-refractivity contribution in [2.24, 2.45) is 0 Å². The number of morpholine rings is 2. The Bertz CT molecular complexity index is 1690. The van der Waals surface area contributed by atoms with Gasteiger partial charge in [-0.05, 0) is 82.6 Å². The number of amides is 2. The molecule has 1 atom stereocenters. The summed E-state index contributed by atoms with van der Waals surface area (Å²) in [4.78, 5) is 42.7. The standard InChI is InChI=1S/C24H25ClN2O5S2.C12H14ClNO3/c25-20-12-17(3-4-22(20)32-24(30)26-6-8-31-9-7-26)13-21(23(28)29)27(14-18-5-11-33-16-18)15-19-2-1-10-34-19;1-9-2-3-11(10(13)8-9)17-12(15)14-4-6-16-7-5-14/h1-5,10-12,16,21H,6-9,13-15H2,(H,28,29);2-3,8H,4-7H2,1H3/t21-;/m0./s1. The van der Waals surface area contributed by atoms with Gasteiger partial charge in [0.05, 0.1) is 36.5 Å². The van der Waals surface area contributed by atoms with Gasteiger partial charge >= 0.3 is 18.2 Å². The number of hydrogen-bond donors (Lipinski definition) is 1. The third-order valence-electron chi connectivity index (χ3n) is 8.08. The van der Waals surface area contributed by atoms with Crippen molar-refractivity contribution in [3.8, 4) is 11.5 Å².